The highest BCUT2D eigenvalue weighted by atomic mass is 32.2. The van der Waals surface area contributed by atoms with E-state index in [-0.39, 0.29) is 15.9 Å². The van der Waals surface area contributed by atoms with Crippen LogP contribution in [0.4, 0.5) is 5.69 Å². The number of carbonyl (C=O) groups is 1. The highest BCUT2D eigenvalue weighted by molar-refractivity contribution is 7.89. The Morgan fingerprint density at radius 2 is 1.48 bits per heavy atom. The van der Waals surface area contributed by atoms with Crippen LogP contribution in [0.25, 0.3) is 11.1 Å². The highest BCUT2D eigenvalue weighted by Crippen LogP contribution is 2.19. The first kappa shape index (κ1) is 22.6. The number of rotatable bonds is 7. The van der Waals surface area contributed by atoms with Crippen LogP contribution in [-0.4, -0.2) is 26.0 Å². The molecule has 0 saturated carbocycles. The third-order valence-electron chi connectivity index (χ3n) is 4.45. The molecule has 8 heteroatoms. The summed E-state index contributed by atoms with van der Waals surface area (Å²) in [5, 5.41) is 5.64. The normalized spacial score (nSPS) is 11.0. The number of amides is 1. The molecule has 160 valence electrons. The first-order valence-corrected chi connectivity index (χ1v) is 11.7. The van der Waals surface area contributed by atoms with Gasteiger partial charge >= 0.3 is 0 Å². The number of sulfonamides is 1. The molecular formula is C23H23N3O3S2. The lowest BCUT2D eigenvalue weighted by Gasteiger charge is -2.11. The minimum Gasteiger partial charge on any atom is -0.332 e. The van der Waals surface area contributed by atoms with E-state index >= 15 is 0 Å². The minimum absolute atomic E-state index is 0.122. The summed E-state index contributed by atoms with van der Waals surface area (Å²) in [6.45, 7) is 2.27. The largest absolute Gasteiger partial charge is 0.332 e. The van der Waals surface area contributed by atoms with Gasteiger partial charge in [-0.1, -0.05) is 49.4 Å². The van der Waals surface area contributed by atoms with Gasteiger partial charge in [0.15, 0.2) is 5.11 Å². The summed E-state index contributed by atoms with van der Waals surface area (Å²) in [7, 11) is -3.53. The maximum atomic E-state index is 12.5. The van der Waals surface area contributed by atoms with E-state index < -0.39 is 10.0 Å². The average molecular weight is 454 g/mol. The predicted molar refractivity (Wildman–Crippen MR) is 127 cm³/mol. The molecule has 0 unspecified atom stereocenters. The Kier molecular flexibility index (Phi) is 7.51. The van der Waals surface area contributed by atoms with Crippen molar-refractivity contribution in [2.24, 2.45) is 0 Å². The molecule has 0 aromatic heterocycles. The van der Waals surface area contributed by atoms with E-state index in [4.69, 9.17) is 12.2 Å². The number of nitrogens with one attached hydrogen (secondary N) is 3. The molecule has 0 saturated heterocycles. The molecule has 3 aromatic rings. The smallest absolute Gasteiger partial charge is 0.257 e. The van der Waals surface area contributed by atoms with Crippen LogP contribution in [0.2, 0.25) is 0 Å². The number of carbonyl (C=O) groups excluding carboxylic acids is 1. The van der Waals surface area contributed by atoms with E-state index in [1.54, 1.807) is 24.3 Å². The van der Waals surface area contributed by atoms with Crippen molar-refractivity contribution in [3.63, 3.8) is 0 Å². The quantitative estimate of drug-likeness (QED) is 0.468. The lowest BCUT2D eigenvalue weighted by molar-refractivity contribution is 0.0977. The van der Waals surface area contributed by atoms with Gasteiger partial charge in [0.05, 0.1) is 4.90 Å². The van der Waals surface area contributed by atoms with Crippen LogP contribution in [0.5, 0.6) is 0 Å². The fraction of sp³-hybridized carbons (Fsp3) is 0.130. The summed E-state index contributed by atoms with van der Waals surface area (Å²) < 4.78 is 26.8. The Bertz CT molecular complexity index is 1140. The van der Waals surface area contributed by atoms with Crippen LogP contribution in [0, 0.1) is 0 Å². The third kappa shape index (κ3) is 6.21. The number of benzene rings is 3. The molecular weight excluding hydrogens is 430 g/mol. The van der Waals surface area contributed by atoms with Gasteiger partial charge in [-0.15, -0.1) is 0 Å². The molecule has 0 aliphatic rings. The van der Waals surface area contributed by atoms with Crippen molar-refractivity contribution >= 4 is 38.9 Å². The van der Waals surface area contributed by atoms with Gasteiger partial charge in [-0.3, -0.25) is 10.1 Å². The maximum absolute atomic E-state index is 12.5. The first-order valence-electron chi connectivity index (χ1n) is 9.76. The van der Waals surface area contributed by atoms with Crippen molar-refractivity contribution in [2.75, 3.05) is 11.9 Å². The zero-order chi connectivity index (χ0) is 22.3. The van der Waals surface area contributed by atoms with Gasteiger partial charge < -0.3 is 5.32 Å². The fourth-order valence-electron chi connectivity index (χ4n) is 2.82. The maximum Gasteiger partial charge on any atom is 0.257 e. The molecule has 0 spiro atoms. The van der Waals surface area contributed by atoms with E-state index in [0.717, 1.165) is 11.1 Å². The summed E-state index contributed by atoms with van der Waals surface area (Å²) in [4.78, 5) is 12.6. The number of hydrogen-bond donors (Lipinski definition) is 3. The molecule has 1 amide bonds. The second-order valence-corrected chi connectivity index (χ2v) is 8.95. The van der Waals surface area contributed by atoms with Gasteiger partial charge in [0.2, 0.25) is 10.0 Å². The van der Waals surface area contributed by atoms with E-state index in [0.29, 0.717) is 24.2 Å². The van der Waals surface area contributed by atoms with Gasteiger partial charge in [-0.2, -0.15) is 0 Å². The standard InChI is InChI=1S/C23H23N3O3S2/c1-2-16-24-31(28,29)21-14-12-20(13-15-21)25-23(30)26-22(27)19-10-8-18(9-11-19)17-6-4-3-5-7-17/h3-15,24H,2,16H2,1H3,(H2,25,26,27,30). The van der Waals surface area contributed by atoms with Crippen molar-refractivity contribution in [3.8, 4) is 11.1 Å². The van der Waals surface area contributed by atoms with E-state index in [2.05, 4.69) is 15.4 Å². The molecule has 0 heterocycles. The summed E-state index contributed by atoms with van der Waals surface area (Å²) in [5.74, 6) is -0.333. The van der Waals surface area contributed by atoms with Crippen LogP contribution in [0.15, 0.2) is 83.8 Å². The Balaban J connectivity index is 1.58. The SMILES string of the molecule is CCCNS(=O)(=O)c1ccc(NC(=S)NC(=O)c2ccc(-c3ccccc3)cc2)cc1. The number of thiocarbonyl (C=S) groups is 1. The van der Waals surface area contributed by atoms with Crippen LogP contribution in [0.3, 0.4) is 0 Å². The lowest BCUT2D eigenvalue weighted by atomic mass is 10.0. The van der Waals surface area contributed by atoms with E-state index in [1.165, 1.54) is 12.1 Å². The second-order valence-electron chi connectivity index (χ2n) is 6.77. The summed E-state index contributed by atoms with van der Waals surface area (Å²) >= 11 is 5.20. The van der Waals surface area contributed by atoms with Crippen molar-refractivity contribution < 1.29 is 13.2 Å². The van der Waals surface area contributed by atoms with Crippen molar-refractivity contribution in [2.45, 2.75) is 18.2 Å². The number of hydrogen-bond acceptors (Lipinski definition) is 4. The Morgan fingerprint density at radius 3 is 2.10 bits per heavy atom. The topological polar surface area (TPSA) is 87.3 Å². The van der Waals surface area contributed by atoms with Gasteiger partial charge in [0, 0.05) is 17.8 Å². The van der Waals surface area contributed by atoms with Gasteiger partial charge in [0.25, 0.3) is 5.91 Å². The Labute approximate surface area is 187 Å². The molecule has 0 aliphatic heterocycles. The molecule has 0 aliphatic carbocycles. The zero-order valence-corrected chi connectivity index (χ0v) is 18.6. The van der Waals surface area contributed by atoms with Crippen LogP contribution < -0.4 is 15.4 Å². The first-order chi connectivity index (χ1) is 14.9. The average Bonchev–Trinajstić information content (AvgIpc) is 2.78. The van der Waals surface area contributed by atoms with Crippen LogP contribution in [0.1, 0.15) is 23.7 Å². The van der Waals surface area contributed by atoms with Gasteiger partial charge in [0.1, 0.15) is 0 Å². The van der Waals surface area contributed by atoms with Crippen molar-refractivity contribution in [3.05, 3.63) is 84.4 Å². The zero-order valence-electron chi connectivity index (χ0n) is 17.0. The summed E-state index contributed by atoms with van der Waals surface area (Å²) in [6.07, 6.45) is 0.710. The van der Waals surface area contributed by atoms with Crippen molar-refractivity contribution in [1.82, 2.24) is 10.0 Å². The molecule has 3 N–H and O–H groups in total. The minimum atomic E-state index is -3.53. The van der Waals surface area contributed by atoms with Crippen molar-refractivity contribution in [1.29, 1.82) is 0 Å². The van der Waals surface area contributed by atoms with Gasteiger partial charge in [-0.25, -0.2) is 13.1 Å². The van der Waals surface area contributed by atoms with E-state index in [1.807, 2.05) is 49.4 Å². The molecule has 3 rings (SSSR count). The second kappa shape index (κ2) is 10.3. The van der Waals surface area contributed by atoms with Crippen LogP contribution in [-0.2, 0) is 10.0 Å². The van der Waals surface area contributed by atoms with E-state index in [9.17, 15) is 13.2 Å². The molecule has 0 radical (unpaired) electrons. The lowest BCUT2D eigenvalue weighted by Crippen LogP contribution is -2.34. The van der Waals surface area contributed by atoms with Crippen LogP contribution >= 0.6 is 12.2 Å². The summed E-state index contributed by atoms with van der Waals surface area (Å²) in [5.41, 5.74) is 3.13. The predicted octanol–water partition coefficient (Wildman–Crippen LogP) is 4.17. The molecule has 0 fully saturated rings. The molecule has 31 heavy (non-hydrogen) atoms. The number of anilines is 1. The summed E-state index contributed by atoms with van der Waals surface area (Å²) in [6, 6.07) is 23.3. The fourth-order valence-corrected chi connectivity index (χ4v) is 4.16. The Hall–Kier alpha value is -3.07. The monoisotopic (exact) mass is 453 g/mol. The molecule has 0 bridgehead atoms. The molecule has 0 atom stereocenters. The van der Waals surface area contributed by atoms with Gasteiger partial charge in [-0.05, 0) is 66.2 Å². The Morgan fingerprint density at radius 1 is 0.871 bits per heavy atom. The molecule has 3 aromatic carbocycles. The molecule has 6 nitrogen and oxygen atoms in total. The highest BCUT2D eigenvalue weighted by Gasteiger charge is 2.13. The third-order valence-corrected chi connectivity index (χ3v) is 6.13.